The molecule has 0 aliphatic carbocycles. The molecule has 0 saturated carbocycles. The maximum atomic E-state index is 12.7. The predicted octanol–water partition coefficient (Wildman–Crippen LogP) is 2.39. The minimum absolute atomic E-state index is 0.174. The van der Waals surface area contributed by atoms with Crippen LogP contribution in [0.1, 0.15) is 12.6 Å². The Morgan fingerprint density at radius 3 is 2.90 bits per heavy atom. The van der Waals surface area contributed by atoms with Crippen LogP contribution < -0.4 is 0 Å². The van der Waals surface area contributed by atoms with Crippen LogP contribution in [0.2, 0.25) is 0 Å². The van der Waals surface area contributed by atoms with Crippen LogP contribution >= 0.6 is 22.6 Å². The predicted molar refractivity (Wildman–Crippen MR) is 46.3 cm³/mol. The van der Waals surface area contributed by atoms with Gasteiger partial charge in [-0.2, -0.15) is 0 Å². The molecule has 0 amide bonds. The first kappa shape index (κ1) is 7.91. The van der Waals surface area contributed by atoms with Crippen molar-refractivity contribution in [3.05, 3.63) is 27.3 Å². The average molecular weight is 251 g/mol. The highest BCUT2D eigenvalue weighted by atomic mass is 127. The first-order valence-electron chi connectivity index (χ1n) is 3.04. The zero-order valence-electron chi connectivity index (χ0n) is 5.56. The largest absolute Gasteiger partial charge is 0.260 e. The number of pyridine rings is 1. The van der Waals surface area contributed by atoms with Crippen LogP contribution in [0.25, 0.3) is 0 Å². The Morgan fingerprint density at radius 2 is 2.40 bits per heavy atom. The Labute approximate surface area is 72.8 Å². The molecule has 10 heavy (non-hydrogen) atoms. The molecule has 1 heterocycles. The fourth-order valence-electron chi connectivity index (χ4n) is 0.707. The van der Waals surface area contributed by atoms with Crippen molar-refractivity contribution in [2.75, 3.05) is 0 Å². The molecule has 0 bridgehead atoms. The van der Waals surface area contributed by atoms with E-state index in [4.69, 9.17) is 0 Å². The van der Waals surface area contributed by atoms with Crippen molar-refractivity contribution in [3.8, 4) is 0 Å². The number of halogens is 2. The number of nitrogens with zero attached hydrogens (tertiary/aromatic N) is 1. The van der Waals surface area contributed by atoms with Gasteiger partial charge < -0.3 is 0 Å². The SMILES string of the molecule is CCc1nccc(F)c1I. The lowest BCUT2D eigenvalue weighted by molar-refractivity contribution is 0.613. The van der Waals surface area contributed by atoms with Crippen LogP contribution in [0.4, 0.5) is 4.39 Å². The summed E-state index contributed by atoms with van der Waals surface area (Å²) >= 11 is 1.97. The zero-order chi connectivity index (χ0) is 7.56. The van der Waals surface area contributed by atoms with Crippen molar-refractivity contribution in [1.82, 2.24) is 4.98 Å². The number of hydrogen-bond acceptors (Lipinski definition) is 1. The van der Waals surface area contributed by atoms with E-state index < -0.39 is 0 Å². The summed E-state index contributed by atoms with van der Waals surface area (Å²) in [5.74, 6) is -0.174. The first-order chi connectivity index (χ1) is 4.75. The Hall–Kier alpha value is -0.190. The van der Waals surface area contributed by atoms with E-state index in [-0.39, 0.29) is 5.82 Å². The highest BCUT2D eigenvalue weighted by Crippen LogP contribution is 2.13. The summed E-state index contributed by atoms with van der Waals surface area (Å²) in [7, 11) is 0. The third kappa shape index (κ3) is 1.45. The van der Waals surface area contributed by atoms with Crippen LogP contribution in [0.3, 0.4) is 0 Å². The minimum atomic E-state index is -0.174. The van der Waals surface area contributed by atoms with E-state index in [1.165, 1.54) is 12.3 Å². The highest BCUT2D eigenvalue weighted by Gasteiger charge is 2.02. The lowest BCUT2D eigenvalue weighted by atomic mass is 10.3. The molecule has 0 aliphatic heterocycles. The Morgan fingerprint density at radius 1 is 1.70 bits per heavy atom. The zero-order valence-corrected chi connectivity index (χ0v) is 7.72. The van der Waals surface area contributed by atoms with Gasteiger partial charge in [-0.1, -0.05) is 6.92 Å². The summed E-state index contributed by atoms with van der Waals surface area (Å²) in [6.07, 6.45) is 2.28. The molecule has 1 aromatic heterocycles. The van der Waals surface area contributed by atoms with E-state index >= 15 is 0 Å². The molecule has 3 heteroatoms. The van der Waals surface area contributed by atoms with Gasteiger partial charge in [0.25, 0.3) is 0 Å². The standard InChI is InChI=1S/C7H7FIN/c1-2-6-7(9)5(8)3-4-10-6/h3-4H,2H2,1H3. The summed E-state index contributed by atoms with van der Waals surface area (Å²) < 4.78 is 13.4. The monoisotopic (exact) mass is 251 g/mol. The Kier molecular flexibility index (Phi) is 2.59. The van der Waals surface area contributed by atoms with E-state index in [1.807, 2.05) is 29.5 Å². The second kappa shape index (κ2) is 3.27. The van der Waals surface area contributed by atoms with Gasteiger partial charge in [-0.15, -0.1) is 0 Å². The number of aryl methyl sites for hydroxylation is 1. The van der Waals surface area contributed by atoms with Crippen molar-refractivity contribution in [2.45, 2.75) is 13.3 Å². The van der Waals surface area contributed by atoms with Gasteiger partial charge >= 0.3 is 0 Å². The molecule has 0 atom stereocenters. The smallest absolute Gasteiger partial charge is 0.139 e. The third-order valence-electron chi connectivity index (χ3n) is 1.25. The second-order valence-corrected chi connectivity index (χ2v) is 2.99. The normalized spacial score (nSPS) is 9.90. The van der Waals surface area contributed by atoms with E-state index in [1.54, 1.807) is 0 Å². The van der Waals surface area contributed by atoms with Gasteiger partial charge in [0.05, 0.1) is 9.26 Å². The first-order valence-corrected chi connectivity index (χ1v) is 4.12. The van der Waals surface area contributed by atoms with Crippen molar-refractivity contribution < 1.29 is 4.39 Å². The molecular weight excluding hydrogens is 244 g/mol. The summed E-state index contributed by atoms with van der Waals surface area (Å²) in [6.45, 7) is 1.96. The highest BCUT2D eigenvalue weighted by molar-refractivity contribution is 14.1. The fraction of sp³-hybridized carbons (Fsp3) is 0.286. The van der Waals surface area contributed by atoms with Crippen LogP contribution in [-0.2, 0) is 6.42 Å². The number of aromatic nitrogens is 1. The number of hydrogen-bond donors (Lipinski definition) is 0. The lowest BCUT2D eigenvalue weighted by Gasteiger charge is -1.98. The number of rotatable bonds is 1. The molecule has 0 unspecified atom stereocenters. The fourth-order valence-corrected chi connectivity index (χ4v) is 1.41. The van der Waals surface area contributed by atoms with Gasteiger partial charge in [0.15, 0.2) is 0 Å². The van der Waals surface area contributed by atoms with Gasteiger partial charge in [0.1, 0.15) is 5.82 Å². The summed E-state index contributed by atoms with van der Waals surface area (Å²) in [6, 6.07) is 1.38. The average Bonchev–Trinajstić information content (AvgIpc) is 1.95. The van der Waals surface area contributed by atoms with Crippen LogP contribution in [-0.4, -0.2) is 4.98 Å². The molecule has 0 aliphatic rings. The topological polar surface area (TPSA) is 12.9 Å². The maximum Gasteiger partial charge on any atom is 0.139 e. The molecule has 1 rings (SSSR count). The molecule has 1 aromatic rings. The van der Waals surface area contributed by atoms with Gasteiger partial charge in [0, 0.05) is 6.20 Å². The van der Waals surface area contributed by atoms with Crippen LogP contribution in [0.15, 0.2) is 12.3 Å². The molecule has 0 aromatic carbocycles. The van der Waals surface area contributed by atoms with Crippen LogP contribution in [0, 0.1) is 9.39 Å². The minimum Gasteiger partial charge on any atom is -0.260 e. The Balaban J connectivity index is 3.14. The van der Waals surface area contributed by atoms with Crippen molar-refractivity contribution in [3.63, 3.8) is 0 Å². The third-order valence-corrected chi connectivity index (χ3v) is 2.39. The van der Waals surface area contributed by atoms with E-state index in [2.05, 4.69) is 4.98 Å². The molecular formula is C7H7FIN. The van der Waals surface area contributed by atoms with Crippen molar-refractivity contribution in [1.29, 1.82) is 0 Å². The Bertz CT molecular complexity index is 237. The molecule has 54 valence electrons. The van der Waals surface area contributed by atoms with Gasteiger partial charge in [-0.25, -0.2) is 4.39 Å². The van der Waals surface area contributed by atoms with Crippen molar-refractivity contribution in [2.24, 2.45) is 0 Å². The molecule has 0 N–H and O–H groups in total. The lowest BCUT2D eigenvalue weighted by Crippen LogP contribution is -1.93. The summed E-state index contributed by atoms with van der Waals surface area (Å²) in [5.41, 5.74) is 0.834. The van der Waals surface area contributed by atoms with Crippen molar-refractivity contribution >= 4 is 22.6 Å². The van der Waals surface area contributed by atoms with E-state index in [0.29, 0.717) is 3.57 Å². The van der Waals surface area contributed by atoms with Crippen LogP contribution in [0.5, 0.6) is 0 Å². The summed E-state index contributed by atoms with van der Waals surface area (Å²) in [4.78, 5) is 4.01. The van der Waals surface area contributed by atoms with Gasteiger partial charge in [0.2, 0.25) is 0 Å². The quantitative estimate of drug-likeness (QED) is 0.698. The molecule has 1 nitrogen and oxygen atoms in total. The van der Waals surface area contributed by atoms with Gasteiger partial charge in [-0.05, 0) is 35.1 Å². The van der Waals surface area contributed by atoms with Gasteiger partial charge in [-0.3, -0.25) is 4.98 Å². The molecule has 0 saturated heterocycles. The second-order valence-electron chi connectivity index (χ2n) is 1.91. The van der Waals surface area contributed by atoms with E-state index in [0.717, 1.165) is 12.1 Å². The molecule has 0 fully saturated rings. The van der Waals surface area contributed by atoms with E-state index in [9.17, 15) is 4.39 Å². The maximum absolute atomic E-state index is 12.7. The molecule has 0 spiro atoms. The summed E-state index contributed by atoms with van der Waals surface area (Å²) in [5, 5.41) is 0. The molecule has 0 radical (unpaired) electrons.